The maximum Gasteiger partial charge on any atom is 0.419 e. The normalized spacial score (nSPS) is 22.3. The number of benzene rings is 2. The molecule has 0 aromatic heterocycles. The molecule has 0 spiro atoms. The summed E-state index contributed by atoms with van der Waals surface area (Å²) in [5.74, 6) is -1.56. The van der Waals surface area contributed by atoms with E-state index in [0.29, 0.717) is 11.3 Å². The molecule has 0 bridgehead atoms. The molecule has 216 valence electrons. The molecule has 0 saturated heterocycles. The number of methoxy groups -OCH3 is 1. The molecule has 2 saturated carbocycles. The van der Waals surface area contributed by atoms with Crippen molar-refractivity contribution in [2.45, 2.75) is 83.1 Å². The number of azo groups is 2. The Balaban J connectivity index is 1.47. The van der Waals surface area contributed by atoms with Gasteiger partial charge in [0.2, 0.25) is 0 Å². The number of hydrogen-bond acceptors (Lipinski definition) is 6. The third-order valence-corrected chi connectivity index (χ3v) is 9.23. The number of ether oxygens (including phenoxy) is 1. The van der Waals surface area contributed by atoms with E-state index in [-0.39, 0.29) is 36.6 Å². The van der Waals surface area contributed by atoms with Crippen molar-refractivity contribution in [1.82, 2.24) is 0 Å². The van der Waals surface area contributed by atoms with Crippen LogP contribution in [0.15, 0.2) is 53.6 Å². The van der Waals surface area contributed by atoms with Gasteiger partial charge in [0, 0.05) is 17.5 Å². The maximum absolute atomic E-state index is 14.2. The van der Waals surface area contributed by atoms with Crippen molar-refractivity contribution in [3.63, 3.8) is 0 Å². The molecule has 2 fully saturated rings. The van der Waals surface area contributed by atoms with Crippen LogP contribution in [0.2, 0.25) is 0 Å². The van der Waals surface area contributed by atoms with Crippen molar-refractivity contribution >= 4 is 29.3 Å². The third kappa shape index (κ3) is 6.31. The van der Waals surface area contributed by atoms with Gasteiger partial charge in [-0.25, -0.2) is 9.59 Å². The maximum atomic E-state index is 14.2. The number of nitrogens with zero attached hydrogens (tertiary/aromatic N) is 2. The van der Waals surface area contributed by atoms with Crippen LogP contribution in [-0.2, 0) is 19.1 Å². The fourth-order valence-corrected chi connectivity index (χ4v) is 6.84. The van der Waals surface area contributed by atoms with Crippen LogP contribution in [0.5, 0.6) is 0 Å². The molecule has 41 heavy (non-hydrogen) atoms. The quantitative estimate of drug-likeness (QED) is 0.300. The van der Waals surface area contributed by atoms with E-state index < -0.39 is 23.2 Å². The summed E-state index contributed by atoms with van der Waals surface area (Å²) >= 11 is 0. The SMILES string of the molecule is COC(=O)c1cccc(NC(=O)C[N+]2=NC(C3CCCCC3)c3ccccc3C(CC(=O)C3(C)CCCC3)C2=O)c1. The molecule has 1 N–H and O–H groups in total. The largest absolute Gasteiger partial charge is 0.465 e. The molecule has 2 amide bonds. The minimum atomic E-state index is -0.691. The molecule has 5 rings (SSSR count). The Morgan fingerprint density at radius 2 is 1.68 bits per heavy atom. The number of fused-ring (bicyclic) bond motifs is 1. The van der Waals surface area contributed by atoms with Gasteiger partial charge in [0.1, 0.15) is 17.7 Å². The molecule has 3 aliphatic rings. The van der Waals surface area contributed by atoms with Gasteiger partial charge in [-0.1, -0.05) is 69.4 Å². The van der Waals surface area contributed by atoms with Crippen molar-refractivity contribution < 1.29 is 28.6 Å². The summed E-state index contributed by atoms with van der Waals surface area (Å²) in [6, 6.07) is 14.1. The zero-order chi connectivity index (χ0) is 29.0. The number of carbonyl (C=O) groups excluding carboxylic acids is 4. The molecule has 8 heteroatoms. The zero-order valence-corrected chi connectivity index (χ0v) is 24.1. The fraction of sp³-hybridized carbons (Fsp3) is 0.515. The second-order valence-electron chi connectivity index (χ2n) is 12.1. The van der Waals surface area contributed by atoms with Gasteiger partial charge in [0.25, 0.3) is 12.5 Å². The van der Waals surface area contributed by atoms with Crippen molar-refractivity contribution in [3.8, 4) is 0 Å². The first-order chi connectivity index (χ1) is 19.8. The summed E-state index contributed by atoms with van der Waals surface area (Å²) in [6.45, 7) is 1.75. The lowest BCUT2D eigenvalue weighted by molar-refractivity contribution is -0.509. The first-order valence-electron chi connectivity index (χ1n) is 14.9. The average molecular weight is 559 g/mol. The minimum Gasteiger partial charge on any atom is -0.465 e. The fourth-order valence-electron chi connectivity index (χ4n) is 6.84. The van der Waals surface area contributed by atoms with E-state index in [0.717, 1.165) is 62.5 Å². The second-order valence-corrected chi connectivity index (χ2v) is 12.1. The van der Waals surface area contributed by atoms with E-state index in [2.05, 4.69) is 5.32 Å². The predicted molar refractivity (Wildman–Crippen MR) is 154 cm³/mol. The first kappa shape index (κ1) is 28.8. The van der Waals surface area contributed by atoms with Crippen LogP contribution >= 0.6 is 0 Å². The van der Waals surface area contributed by atoms with Crippen LogP contribution in [0.3, 0.4) is 0 Å². The summed E-state index contributed by atoms with van der Waals surface area (Å²) in [5, 5.41) is 7.78. The standard InChI is InChI=1S/C33H39N3O5/c1-33(17-8-9-18-33)28(37)20-27-25-15-6-7-16-26(25)30(22-11-4-3-5-12-22)35-36(31(27)39)21-29(38)34-24-14-10-13-23(19-24)32(40)41-2/h6-7,10,13-16,19,22,27,30H,3-5,8-9,11-12,17-18,20-21H2,1-2H3/p+1. The molecule has 1 heterocycles. The number of hydrogen-bond donors (Lipinski definition) is 1. The van der Waals surface area contributed by atoms with Gasteiger partial charge in [0.05, 0.1) is 12.7 Å². The Labute approximate surface area is 241 Å². The predicted octanol–water partition coefficient (Wildman–Crippen LogP) is 6.36. The number of amides is 2. The van der Waals surface area contributed by atoms with E-state index in [9.17, 15) is 19.2 Å². The zero-order valence-electron chi connectivity index (χ0n) is 24.1. The second kappa shape index (κ2) is 12.5. The highest BCUT2D eigenvalue weighted by atomic mass is 16.5. The topological polar surface area (TPSA) is 105 Å². The van der Waals surface area contributed by atoms with E-state index in [1.165, 1.54) is 24.3 Å². The molecule has 2 aromatic carbocycles. The third-order valence-electron chi connectivity index (χ3n) is 9.23. The highest BCUT2D eigenvalue weighted by molar-refractivity contribution is 5.96. The smallest absolute Gasteiger partial charge is 0.419 e. The lowest BCUT2D eigenvalue weighted by Crippen LogP contribution is -2.35. The molecule has 8 nitrogen and oxygen atoms in total. The number of carbonyl (C=O) groups is 4. The minimum absolute atomic E-state index is 0.110. The van der Waals surface area contributed by atoms with E-state index in [1.54, 1.807) is 18.2 Å². The van der Waals surface area contributed by atoms with Crippen LogP contribution in [0.1, 0.15) is 105 Å². The van der Waals surface area contributed by atoms with Crippen LogP contribution in [0.25, 0.3) is 0 Å². The summed E-state index contributed by atoms with van der Waals surface area (Å²) in [4.78, 5) is 53.1. The van der Waals surface area contributed by atoms with Gasteiger partial charge < -0.3 is 10.1 Å². The molecule has 0 radical (unpaired) electrons. The molecule has 1 aliphatic heterocycles. The number of nitrogens with one attached hydrogen (secondary N) is 1. The highest BCUT2D eigenvalue weighted by Crippen LogP contribution is 2.45. The molecular weight excluding hydrogens is 518 g/mol. The van der Waals surface area contributed by atoms with Crippen molar-refractivity contribution in [2.24, 2.45) is 16.4 Å². The molecule has 2 unspecified atom stereocenters. The number of ketones is 1. The highest BCUT2D eigenvalue weighted by Gasteiger charge is 2.46. The van der Waals surface area contributed by atoms with E-state index >= 15 is 0 Å². The van der Waals surface area contributed by atoms with Crippen LogP contribution in [0.4, 0.5) is 5.69 Å². The van der Waals surface area contributed by atoms with Crippen LogP contribution in [0, 0.1) is 11.3 Å². The van der Waals surface area contributed by atoms with E-state index in [4.69, 9.17) is 9.85 Å². The van der Waals surface area contributed by atoms with Gasteiger partial charge in [-0.3, -0.25) is 9.59 Å². The molecule has 2 atom stereocenters. The van der Waals surface area contributed by atoms with Crippen LogP contribution < -0.4 is 5.32 Å². The molecule has 2 aliphatic carbocycles. The summed E-state index contributed by atoms with van der Waals surface area (Å²) in [7, 11) is 1.30. The van der Waals surface area contributed by atoms with Gasteiger partial charge in [-0.15, -0.1) is 0 Å². The summed E-state index contributed by atoms with van der Waals surface area (Å²) < 4.78 is 6.10. The number of Topliss-reactive ketones (excluding diaryl/α,β-unsaturated/α-hetero) is 1. The number of rotatable bonds is 8. The summed E-state index contributed by atoms with van der Waals surface area (Å²) in [6.07, 6.45) is 9.31. The Morgan fingerprint density at radius 3 is 2.39 bits per heavy atom. The van der Waals surface area contributed by atoms with Gasteiger partial charge in [-0.05, 0) is 70.7 Å². The monoisotopic (exact) mass is 558 g/mol. The lowest BCUT2D eigenvalue weighted by atomic mass is 9.75. The van der Waals surface area contributed by atoms with Gasteiger partial charge in [-0.2, -0.15) is 0 Å². The van der Waals surface area contributed by atoms with E-state index in [1.807, 2.05) is 31.2 Å². The first-order valence-corrected chi connectivity index (χ1v) is 14.9. The molecular formula is C33H40N3O5+. The lowest BCUT2D eigenvalue weighted by Gasteiger charge is -2.27. The number of anilines is 1. The van der Waals surface area contributed by atoms with Gasteiger partial charge in [0.15, 0.2) is 0 Å². The van der Waals surface area contributed by atoms with Crippen LogP contribution in [-0.4, -0.2) is 41.9 Å². The molecule has 2 aromatic rings. The number of esters is 1. The summed E-state index contributed by atoms with van der Waals surface area (Å²) in [5.41, 5.74) is 2.19. The Morgan fingerprint density at radius 1 is 0.976 bits per heavy atom. The average Bonchev–Trinajstić information content (AvgIpc) is 3.41. The Hall–Kier alpha value is -3.68. The van der Waals surface area contributed by atoms with Gasteiger partial charge >= 0.3 is 11.9 Å². The van der Waals surface area contributed by atoms with Crippen molar-refractivity contribution in [1.29, 1.82) is 0 Å². The van der Waals surface area contributed by atoms with Crippen molar-refractivity contribution in [3.05, 3.63) is 65.2 Å². The Kier molecular flexibility index (Phi) is 8.76. The Bertz CT molecular complexity index is 1350. The van der Waals surface area contributed by atoms with Crippen molar-refractivity contribution in [2.75, 3.05) is 19.0 Å².